The van der Waals surface area contributed by atoms with E-state index in [1.807, 2.05) is 49.4 Å². The minimum Gasteiger partial charge on any atom is -0.490 e. The van der Waals surface area contributed by atoms with Gasteiger partial charge in [0, 0.05) is 17.9 Å². The lowest BCUT2D eigenvalue weighted by Crippen LogP contribution is -2.04. The van der Waals surface area contributed by atoms with Gasteiger partial charge in [0.1, 0.15) is 18.1 Å². The molecule has 3 rings (SSSR count). The van der Waals surface area contributed by atoms with Gasteiger partial charge >= 0.3 is 5.97 Å². The Morgan fingerprint density at radius 2 is 1.80 bits per heavy atom. The van der Waals surface area contributed by atoms with Gasteiger partial charge in [0.25, 0.3) is 0 Å². The minimum absolute atomic E-state index is 0.154. The van der Waals surface area contributed by atoms with Gasteiger partial charge < -0.3 is 14.2 Å². The third-order valence-corrected chi connectivity index (χ3v) is 4.78. The molecule has 1 aromatic heterocycles. The van der Waals surface area contributed by atoms with E-state index in [9.17, 15) is 4.79 Å². The van der Waals surface area contributed by atoms with Crippen LogP contribution in [0.4, 0.5) is 0 Å². The van der Waals surface area contributed by atoms with Crippen LogP contribution in [0.5, 0.6) is 11.5 Å². The van der Waals surface area contributed by atoms with E-state index in [1.165, 1.54) is 6.33 Å². The Morgan fingerprint density at radius 1 is 1.00 bits per heavy atom. The summed E-state index contributed by atoms with van der Waals surface area (Å²) in [5.74, 6) is 1.05. The monoisotopic (exact) mass is 428 g/mol. The molecule has 0 bridgehead atoms. The van der Waals surface area contributed by atoms with E-state index in [2.05, 4.69) is 9.97 Å². The number of unbranched alkanes of at least 4 members (excludes halogenated alkanes) is 2. The number of carbonyl (C=O) groups is 1. The van der Waals surface area contributed by atoms with Crippen molar-refractivity contribution < 1.29 is 19.0 Å². The van der Waals surface area contributed by atoms with E-state index in [0.29, 0.717) is 53.8 Å². The maximum absolute atomic E-state index is 11.4. The molecule has 1 heterocycles. The molecule has 0 atom stereocenters. The summed E-state index contributed by atoms with van der Waals surface area (Å²) in [5, 5.41) is 1.08. The summed E-state index contributed by atoms with van der Waals surface area (Å²) in [5.41, 5.74) is 1.75. The molecule has 158 valence electrons. The number of aromatic nitrogens is 2. The molecule has 6 nitrogen and oxygen atoms in total. The summed E-state index contributed by atoms with van der Waals surface area (Å²) in [4.78, 5) is 19.7. The number of halogens is 1. The summed E-state index contributed by atoms with van der Waals surface area (Å²) in [6.07, 6.45) is 4.32. The molecule has 3 aromatic rings. The molecule has 2 aromatic carbocycles. The fourth-order valence-electron chi connectivity index (χ4n) is 2.96. The fourth-order valence-corrected chi connectivity index (χ4v) is 3.15. The van der Waals surface area contributed by atoms with Crippen molar-refractivity contribution in [1.29, 1.82) is 0 Å². The second-order valence-electron chi connectivity index (χ2n) is 6.72. The molecule has 0 unspecified atom stereocenters. The Hall–Kier alpha value is -2.86. The molecule has 0 fully saturated rings. The molecule has 0 saturated carbocycles. The first-order chi connectivity index (χ1) is 14.7. The SMILES string of the molecule is CCOC(=O)CCCCCOc1cc2c(Cl)ncnc2cc1OCc1ccccc1. The van der Waals surface area contributed by atoms with Crippen LogP contribution in [0, 0.1) is 0 Å². The van der Waals surface area contributed by atoms with Crippen molar-refractivity contribution in [3.05, 3.63) is 59.5 Å². The molecule has 0 aliphatic carbocycles. The largest absolute Gasteiger partial charge is 0.490 e. The highest BCUT2D eigenvalue weighted by Gasteiger charge is 2.12. The minimum atomic E-state index is -0.154. The van der Waals surface area contributed by atoms with E-state index in [4.69, 9.17) is 25.8 Å². The van der Waals surface area contributed by atoms with Crippen LogP contribution in [0.3, 0.4) is 0 Å². The van der Waals surface area contributed by atoms with Crippen LogP contribution in [0.15, 0.2) is 48.8 Å². The Labute approximate surface area is 181 Å². The lowest BCUT2D eigenvalue weighted by Gasteiger charge is -2.14. The smallest absolute Gasteiger partial charge is 0.305 e. The van der Waals surface area contributed by atoms with Crippen molar-refractivity contribution in [3.63, 3.8) is 0 Å². The molecule has 0 N–H and O–H groups in total. The molecule has 7 heteroatoms. The number of ether oxygens (including phenoxy) is 3. The molecule has 0 spiro atoms. The summed E-state index contributed by atoms with van der Waals surface area (Å²) in [6, 6.07) is 13.6. The Balaban J connectivity index is 1.63. The summed E-state index contributed by atoms with van der Waals surface area (Å²) < 4.78 is 16.9. The van der Waals surface area contributed by atoms with E-state index < -0.39 is 0 Å². The average Bonchev–Trinajstić information content (AvgIpc) is 2.76. The topological polar surface area (TPSA) is 70.5 Å². The maximum Gasteiger partial charge on any atom is 0.305 e. The Bertz CT molecular complexity index is 966. The highest BCUT2D eigenvalue weighted by atomic mass is 35.5. The zero-order valence-corrected chi connectivity index (χ0v) is 17.7. The molecule has 0 aliphatic rings. The quantitative estimate of drug-likeness (QED) is 0.232. The van der Waals surface area contributed by atoms with Gasteiger partial charge in [0.05, 0.1) is 18.7 Å². The third-order valence-electron chi connectivity index (χ3n) is 4.48. The molecule has 0 aliphatic heterocycles. The maximum atomic E-state index is 11.4. The predicted octanol–water partition coefficient (Wildman–Crippen LogP) is 5.36. The van der Waals surface area contributed by atoms with Gasteiger partial charge in [-0.15, -0.1) is 0 Å². The number of hydrogen-bond acceptors (Lipinski definition) is 6. The van der Waals surface area contributed by atoms with Crippen molar-refractivity contribution >= 4 is 28.5 Å². The number of fused-ring (bicyclic) bond motifs is 1. The lowest BCUT2D eigenvalue weighted by molar-refractivity contribution is -0.143. The summed E-state index contributed by atoms with van der Waals surface area (Å²) >= 11 is 6.22. The first kappa shape index (κ1) is 21.8. The van der Waals surface area contributed by atoms with E-state index >= 15 is 0 Å². The van der Waals surface area contributed by atoms with Crippen LogP contribution in [-0.2, 0) is 16.1 Å². The number of hydrogen-bond donors (Lipinski definition) is 0. The first-order valence-electron chi connectivity index (χ1n) is 10.1. The summed E-state index contributed by atoms with van der Waals surface area (Å²) in [6.45, 7) is 3.15. The van der Waals surface area contributed by atoms with Crippen LogP contribution in [0.2, 0.25) is 5.15 Å². The summed E-state index contributed by atoms with van der Waals surface area (Å²) in [7, 11) is 0. The lowest BCUT2D eigenvalue weighted by atomic mass is 10.2. The fraction of sp³-hybridized carbons (Fsp3) is 0.348. The van der Waals surface area contributed by atoms with Crippen LogP contribution >= 0.6 is 11.6 Å². The van der Waals surface area contributed by atoms with Gasteiger partial charge in [-0.3, -0.25) is 4.79 Å². The Morgan fingerprint density at radius 3 is 2.60 bits per heavy atom. The average molecular weight is 429 g/mol. The molecule has 0 saturated heterocycles. The van der Waals surface area contributed by atoms with Gasteiger partial charge in [-0.25, -0.2) is 9.97 Å². The van der Waals surface area contributed by atoms with Crippen LogP contribution in [0.1, 0.15) is 38.2 Å². The highest BCUT2D eigenvalue weighted by Crippen LogP contribution is 2.34. The number of benzene rings is 2. The number of rotatable bonds is 11. The van der Waals surface area contributed by atoms with Crippen LogP contribution in [0.25, 0.3) is 10.9 Å². The molecule has 30 heavy (non-hydrogen) atoms. The van der Waals surface area contributed by atoms with E-state index in [0.717, 1.165) is 24.8 Å². The normalized spacial score (nSPS) is 10.7. The van der Waals surface area contributed by atoms with Gasteiger partial charge in [0.15, 0.2) is 11.5 Å². The molecular formula is C23H25ClN2O4. The molecule has 0 radical (unpaired) electrons. The predicted molar refractivity (Wildman–Crippen MR) is 116 cm³/mol. The van der Waals surface area contributed by atoms with Gasteiger partial charge in [0.2, 0.25) is 0 Å². The van der Waals surface area contributed by atoms with Crippen molar-refractivity contribution in [1.82, 2.24) is 9.97 Å². The Kier molecular flexibility index (Phi) is 8.27. The number of carbonyl (C=O) groups excluding carboxylic acids is 1. The van der Waals surface area contributed by atoms with Gasteiger partial charge in [-0.1, -0.05) is 41.9 Å². The van der Waals surface area contributed by atoms with Gasteiger partial charge in [-0.05, 0) is 37.8 Å². The zero-order valence-electron chi connectivity index (χ0n) is 17.0. The highest BCUT2D eigenvalue weighted by molar-refractivity contribution is 6.34. The van der Waals surface area contributed by atoms with Crippen molar-refractivity contribution in [3.8, 4) is 11.5 Å². The zero-order chi connectivity index (χ0) is 21.2. The van der Waals surface area contributed by atoms with Crippen molar-refractivity contribution in [2.75, 3.05) is 13.2 Å². The van der Waals surface area contributed by atoms with E-state index in [1.54, 1.807) is 0 Å². The molecule has 0 amide bonds. The van der Waals surface area contributed by atoms with Crippen LogP contribution < -0.4 is 9.47 Å². The van der Waals surface area contributed by atoms with E-state index in [-0.39, 0.29) is 5.97 Å². The number of nitrogens with zero attached hydrogens (tertiary/aromatic N) is 2. The van der Waals surface area contributed by atoms with Gasteiger partial charge in [-0.2, -0.15) is 0 Å². The second kappa shape index (κ2) is 11.4. The first-order valence-corrected chi connectivity index (χ1v) is 10.4. The second-order valence-corrected chi connectivity index (χ2v) is 7.08. The number of esters is 1. The van der Waals surface area contributed by atoms with Crippen molar-refractivity contribution in [2.24, 2.45) is 0 Å². The molecular weight excluding hydrogens is 404 g/mol. The van der Waals surface area contributed by atoms with Crippen LogP contribution in [-0.4, -0.2) is 29.2 Å². The standard InChI is InChI=1S/C23H25ClN2O4/c1-2-28-22(27)11-7-4-8-12-29-20-13-18-19(25-16-26-23(18)24)14-21(20)30-15-17-9-5-3-6-10-17/h3,5-6,9-10,13-14,16H,2,4,7-8,11-12,15H2,1H3. The third kappa shape index (κ3) is 6.32. The van der Waals surface area contributed by atoms with Crippen molar-refractivity contribution in [2.45, 2.75) is 39.2 Å².